The molecule has 8 heteroatoms. The Morgan fingerprint density at radius 3 is 2.45 bits per heavy atom. The normalized spacial score (nSPS) is 15.2. The number of rotatable bonds is 4. The maximum atomic E-state index is 12.6. The number of hydrogen-bond donors (Lipinski definition) is 1. The topological polar surface area (TPSA) is 71.5 Å². The number of nitrogens with zero attached hydrogens (tertiary/aromatic N) is 2. The number of benzene rings is 1. The predicted octanol–water partition coefficient (Wildman–Crippen LogP) is 5.12. The molecule has 1 N–H and O–H groups in total. The number of thioether (sulfide) groups is 1. The summed E-state index contributed by atoms with van der Waals surface area (Å²) in [5.74, 6) is -0.158. The standard InChI is InChI=1S/C21H27N3O3S2/c1-21(2,3)27-20(26)24-11-9-15(10-12-24)18(25)23-19-22-17(13-29-19)14-5-7-16(28-4)8-6-14/h5-8,13,15H,9-12H2,1-4H3,(H,22,23,25). The van der Waals surface area contributed by atoms with E-state index in [2.05, 4.69) is 22.4 Å². The van der Waals surface area contributed by atoms with Gasteiger partial charge in [-0.3, -0.25) is 4.79 Å². The van der Waals surface area contributed by atoms with E-state index in [1.807, 2.05) is 44.5 Å². The highest BCUT2D eigenvalue weighted by molar-refractivity contribution is 7.98. The molecular formula is C21H27N3O3S2. The molecule has 2 aromatic rings. The molecule has 2 heterocycles. The third-order valence-corrected chi connectivity index (χ3v) is 6.14. The van der Waals surface area contributed by atoms with Crippen LogP contribution in [-0.4, -0.2) is 46.8 Å². The average Bonchev–Trinajstić information content (AvgIpc) is 3.15. The van der Waals surface area contributed by atoms with Gasteiger partial charge in [-0.2, -0.15) is 0 Å². The number of anilines is 1. The van der Waals surface area contributed by atoms with Crippen molar-refractivity contribution >= 4 is 40.2 Å². The Labute approximate surface area is 180 Å². The summed E-state index contributed by atoms with van der Waals surface area (Å²) < 4.78 is 5.40. The van der Waals surface area contributed by atoms with Crippen molar-refractivity contribution in [3.8, 4) is 11.3 Å². The minimum Gasteiger partial charge on any atom is -0.444 e. The lowest BCUT2D eigenvalue weighted by Gasteiger charge is -2.32. The predicted molar refractivity (Wildman–Crippen MR) is 118 cm³/mol. The van der Waals surface area contributed by atoms with Crippen molar-refractivity contribution in [2.24, 2.45) is 5.92 Å². The van der Waals surface area contributed by atoms with E-state index in [-0.39, 0.29) is 17.9 Å². The zero-order valence-electron chi connectivity index (χ0n) is 17.2. The van der Waals surface area contributed by atoms with Gasteiger partial charge in [0.05, 0.1) is 5.69 Å². The maximum absolute atomic E-state index is 12.6. The minimum atomic E-state index is -0.510. The lowest BCUT2D eigenvalue weighted by molar-refractivity contribution is -0.121. The Morgan fingerprint density at radius 1 is 1.21 bits per heavy atom. The van der Waals surface area contributed by atoms with E-state index in [4.69, 9.17) is 4.74 Å². The first-order chi connectivity index (χ1) is 13.7. The van der Waals surface area contributed by atoms with Crippen LogP contribution in [0.25, 0.3) is 11.3 Å². The summed E-state index contributed by atoms with van der Waals surface area (Å²) in [4.78, 5) is 32.2. The summed E-state index contributed by atoms with van der Waals surface area (Å²) in [6.45, 7) is 6.61. The zero-order chi connectivity index (χ0) is 21.0. The molecular weight excluding hydrogens is 406 g/mol. The molecule has 0 aliphatic carbocycles. The molecule has 1 aliphatic heterocycles. The summed E-state index contributed by atoms with van der Waals surface area (Å²) in [5.41, 5.74) is 1.38. The number of ether oxygens (including phenoxy) is 1. The number of aromatic nitrogens is 1. The van der Waals surface area contributed by atoms with Gasteiger partial charge < -0.3 is 15.0 Å². The first-order valence-electron chi connectivity index (χ1n) is 9.64. The molecule has 2 amide bonds. The van der Waals surface area contributed by atoms with E-state index < -0.39 is 5.60 Å². The molecule has 1 aromatic carbocycles. The number of likely N-dealkylation sites (tertiary alicyclic amines) is 1. The van der Waals surface area contributed by atoms with E-state index in [0.717, 1.165) is 11.3 Å². The van der Waals surface area contributed by atoms with Crippen LogP contribution in [0.5, 0.6) is 0 Å². The van der Waals surface area contributed by atoms with E-state index in [0.29, 0.717) is 31.1 Å². The highest BCUT2D eigenvalue weighted by atomic mass is 32.2. The molecule has 3 rings (SSSR count). The molecule has 1 fully saturated rings. The van der Waals surface area contributed by atoms with Gasteiger partial charge >= 0.3 is 6.09 Å². The fourth-order valence-corrected chi connectivity index (χ4v) is 4.21. The number of nitrogens with one attached hydrogen (secondary N) is 1. The molecule has 1 saturated heterocycles. The molecule has 29 heavy (non-hydrogen) atoms. The van der Waals surface area contributed by atoms with Crippen molar-refractivity contribution in [1.82, 2.24) is 9.88 Å². The summed E-state index contributed by atoms with van der Waals surface area (Å²) in [7, 11) is 0. The van der Waals surface area contributed by atoms with Crippen molar-refractivity contribution in [2.75, 3.05) is 24.7 Å². The van der Waals surface area contributed by atoms with Crippen LogP contribution in [0, 0.1) is 5.92 Å². The number of piperidine rings is 1. The fraction of sp³-hybridized carbons (Fsp3) is 0.476. The molecule has 0 unspecified atom stereocenters. The first-order valence-corrected chi connectivity index (χ1v) is 11.7. The molecule has 0 bridgehead atoms. The van der Waals surface area contributed by atoms with Gasteiger partial charge in [0.1, 0.15) is 5.60 Å². The molecule has 1 aliphatic rings. The van der Waals surface area contributed by atoms with Crippen LogP contribution in [-0.2, 0) is 9.53 Å². The van der Waals surface area contributed by atoms with Gasteiger partial charge in [0.25, 0.3) is 0 Å². The van der Waals surface area contributed by atoms with Crippen LogP contribution in [0.2, 0.25) is 0 Å². The Bertz CT molecular complexity index is 851. The monoisotopic (exact) mass is 433 g/mol. The third kappa shape index (κ3) is 5.96. The van der Waals surface area contributed by atoms with Gasteiger partial charge in [0.15, 0.2) is 5.13 Å². The summed E-state index contributed by atoms with van der Waals surface area (Å²) in [6, 6.07) is 8.21. The number of amides is 2. The van der Waals surface area contributed by atoms with Gasteiger partial charge in [-0.05, 0) is 52.0 Å². The number of hydrogen-bond acceptors (Lipinski definition) is 6. The van der Waals surface area contributed by atoms with Gasteiger partial charge in [-0.1, -0.05) is 12.1 Å². The van der Waals surface area contributed by atoms with E-state index in [1.54, 1.807) is 16.7 Å². The van der Waals surface area contributed by atoms with Crippen molar-refractivity contribution < 1.29 is 14.3 Å². The second-order valence-electron chi connectivity index (χ2n) is 8.00. The van der Waals surface area contributed by atoms with Crippen molar-refractivity contribution in [3.63, 3.8) is 0 Å². The van der Waals surface area contributed by atoms with Crippen molar-refractivity contribution in [2.45, 2.75) is 44.1 Å². The molecule has 0 spiro atoms. The quantitative estimate of drug-likeness (QED) is 0.678. The highest BCUT2D eigenvalue weighted by Crippen LogP contribution is 2.28. The summed E-state index contributed by atoms with van der Waals surface area (Å²) in [5, 5.41) is 5.49. The number of carbonyl (C=O) groups is 2. The lowest BCUT2D eigenvalue weighted by Crippen LogP contribution is -2.43. The Balaban J connectivity index is 1.52. The third-order valence-electron chi connectivity index (χ3n) is 4.64. The zero-order valence-corrected chi connectivity index (χ0v) is 18.9. The molecule has 1 aromatic heterocycles. The summed E-state index contributed by atoms with van der Waals surface area (Å²) >= 11 is 3.12. The SMILES string of the molecule is CSc1ccc(-c2csc(NC(=O)C3CCN(C(=O)OC(C)(C)C)CC3)n2)cc1. The van der Waals surface area contributed by atoms with E-state index >= 15 is 0 Å². The van der Waals surface area contributed by atoms with Crippen LogP contribution in [0.3, 0.4) is 0 Å². The minimum absolute atomic E-state index is 0.0348. The van der Waals surface area contributed by atoms with Crippen molar-refractivity contribution in [1.29, 1.82) is 0 Å². The number of carbonyl (C=O) groups excluding carboxylic acids is 2. The molecule has 0 atom stereocenters. The smallest absolute Gasteiger partial charge is 0.410 e. The molecule has 0 saturated carbocycles. The van der Waals surface area contributed by atoms with Crippen LogP contribution in [0.4, 0.5) is 9.93 Å². The van der Waals surface area contributed by atoms with Gasteiger partial charge in [0.2, 0.25) is 5.91 Å². The molecule has 6 nitrogen and oxygen atoms in total. The Kier molecular flexibility index (Phi) is 6.85. The largest absolute Gasteiger partial charge is 0.444 e. The van der Waals surface area contributed by atoms with E-state index in [1.165, 1.54) is 16.2 Å². The fourth-order valence-electron chi connectivity index (χ4n) is 3.08. The highest BCUT2D eigenvalue weighted by Gasteiger charge is 2.30. The Hall–Kier alpha value is -2.06. The van der Waals surface area contributed by atoms with Gasteiger partial charge in [-0.25, -0.2) is 9.78 Å². The van der Waals surface area contributed by atoms with Gasteiger partial charge in [0, 0.05) is 34.8 Å². The second-order valence-corrected chi connectivity index (χ2v) is 9.74. The van der Waals surface area contributed by atoms with Crippen LogP contribution < -0.4 is 5.32 Å². The van der Waals surface area contributed by atoms with Crippen LogP contribution in [0.15, 0.2) is 34.5 Å². The average molecular weight is 434 g/mol. The van der Waals surface area contributed by atoms with Gasteiger partial charge in [-0.15, -0.1) is 23.1 Å². The first kappa shape index (κ1) is 21.6. The van der Waals surface area contributed by atoms with Crippen LogP contribution in [0.1, 0.15) is 33.6 Å². The summed E-state index contributed by atoms with van der Waals surface area (Å²) in [6.07, 6.45) is 2.98. The van der Waals surface area contributed by atoms with Crippen LogP contribution >= 0.6 is 23.1 Å². The Morgan fingerprint density at radius 2 is 1.86 bits per heavy atom. The van der Waals surface area contributed by atoms with Crippen molar-refractivity contribution in [3.05, 3.63) is 29.6 Å². The van der Waals surface area contributed by atoms with E-state index in [9.17, 15) is 9.59 Å². The lowest BCUT2D eigenvalue weighted by atomic mass is 9.96. The number of thiazole rings is 1. The second kappa shape index (κ2) is 9.17. The molecule has 0 radical (unpaired) electrons. The maximum Gasteiger partial charge on any atom is 0.410 e. The molecule has 156 valence electrons.